The molecule has 1 N–H and O–H groups in total. The first-order valence-electron chi connectivity index (χ1n) is 9.36. The molecule has 2 aromatic rings. The molecule has 0 saturated carbocycles. The van der Waals surface area contributed by atoms with E-state index in [0.717, 1.165) is 37.0 Å². The Morgan fingerprint density at radius 1 is 1.12 bits per heavy atom. The van der Waals surface area contributed by atoms with Crippen LogP contribution in [0.15, 0.2) is 60.7 Å². The number of likely N-dealkylation sites (N-methyl/N-ethyl adjacent to an activating group) is 1. The normalized spacial score (nSPS) is 23.4. The van der Waals surface area contributed by atoms with Crippen molar-refractivity contribution in [3.8, 4) is 0 Å². The van der Waals surface area contributed by atoms with E-state index in [1.807, 2.05) is 36.4 Å². The molecule has 0 amide bonds. The van der Waals surface area contributed by atoms with E-state index >= 15 is 0 Å². The summed E-state index contributed by atoms with van der Waals surface area (Å²) in [5.74, 6) is -0.593. The highest BCUT2D eigenvalue weighted by Gasteiger charge is 2.44. The highest BCUT2D eigenvalue weighted by atomic mass is 16.6. The second kappa shape index (κ2) is 7.60. The number of likely N-dealkylation sites (tertiary alicyclic amines) is 1. The molecule has 0 radical (unpaired) electrons. The van der Waals surface area contributed by atoms with Gasteiger partial charge in [-0.1, -0.05) is 60.7 Å². The molecule has 2 aromatic carbocycles. The molecule has 0 bridgehead atoms. The Labute approximate surface area is 155 Å². The lowest BCUT2D eigenvalue weighted by molar-refractivity contribution is -0.915. The first-order valence-corrected chi connectivity index (χ1v) is 9.36. The average molecular weight is 354 g/mol. The van der Waals surface area contributed by atoms with Crippen molar-refractivity contribution in [1.29, 1.82) is 0 Å². The summed E-state index contributed by atoms with van der Waals surface area (Å²) in [4.78, 5) is 13.2. The second-order valence-electron chi connectivity index (χ2n) is 7.45. The Morgan fingerprint density at radius 3 is 2.15 bits per heavy atom. The molecule has 26 heavy (non-hydrogen) atoms. The molecule has 0 aliphatic carbocycles. The average Bonchev–Trinajstić information content (AvgIpc) is 2.68. The maximum atomic E-state index is 13.2. The summed E-state index contributed by atoms with van der Waals surface area (Å²) < 4.78 is 6.75. The molecule has 4 nitrogen and oxygen atoms in total. The fraction of sp³-hybridized carbons (Fsp3) is 0.409. The monoisotopic (exact) mass is 354 g/mol. The summed E-state index contributed by atoms with van der Waals surface area (Å²) in [5, 5.41) is 11.5. The van der Waals surface area contributed by atoms with Gasteiger partial charge in [0.05, 0.1) is 20.1 Å². The summed E-state index contributed by atoms with van der Waals surface area (Å²) in [6, 6.07) is 18.1. The molecule has 4 heteroatoms. The van der Waals surface area contributed by atoms with Crippen molar-refractivity contribution < 1.29 is 19.1 Å². The van der Waals surface area contributed by atoms with Gasteiger partial charge in [-0.3, -0.25) is 0 Å². The Balaban J connectivity index is 1.89. The first-order chi connectivity index (χ1) is 12.5. The van der Waals surface area contributed by atoms with Crippen molar-refractivity contribution >= 4 is 5.97 Å². The number of hydrogen-bond donors (Lipinski definition) is 1. The minimum absolute atomic E-state index is 0.167. The Hall–Kier alpha value is -2.17. The van der Waals surface area contributed by atoms with Gasteiger partial charge in [-0.25, -0.2) is 4.79 Å². The summed E-state index contributed by atoms with van der Waals surface area (Å²) in [6.45, 7) is 5.07. The molecule has 1 aliphatic rings. The zero-order chi connectivity index (χ0) is 18.6. The maximum Gasteiger partial charge on any atom is 0.348 e. The van der Waals surface area contributed by atoms with Crippen LogP contribution in [0.2, 0.25) is 0 Å². The van der Waals surface area contributed by atoms with Crippen molar-refractivity contribution in [3.63, 3.8) is 0 Å². The van der Waals surface area contributed by atoms with Crippen LogP contribution in [0.4, 0.5) is 0 Å². The minimum atomic E-state index is -1.80. The van der Waals surface area contributed by atoms with Gasteiger partial charge in [-0.15, -0.1) is 0 Å². The van der Waals surface area contributed by atoms with Gasteiger partial charge in [0.2, 0.25) is 5.60 Å². The Morgan fingerprint density at radius 2 is 1.65 bits per heavy atom. The smallest absolute Gasteiger partial charge is 0.348 e. The number of quaternary nitrogens is 1. The van der Waals surface area contributed by atoms with Gasteiger partial charge in [0.15, 0.2) is 6.10 Å². The van der Waals surface area contributed by atoms with E-state index in [9.17, 15) is 9.90 Å². The molecule has 3 rings (SSSR count). The minimum Gasteiger partial charge on any atom is -0.454 e. The van der Waals surface area contributed by atoms with Crippen molar-refractivity contribution in [2.75, 3.05) is 26.7 Å². The quantitative estimate of drug-likeness (QED) is 0.663. The van der Waals surface area contributed by atoms with Crippen LogP contribution in [-0.4, -0.2) is 48.3 Å². The number of piperidine rings is 1. The van der Waals surface area contributed by atoms with Crippen LogP contribution >= 0.6 is 0 Å². The molecule has 1 fully saturated rings. The van der Waals surface area contributed by atoms with Crippen molar-refractivity contribution in [1.82, 2.24) is 0 Å². The number of ether oxygens (including phenoxy) is 1. The van der Waals surface area contributed by atoms with Crippen LogP contribution in [0.25, 0.3) is 0 Å². The van der Waals surface area contributed by atoms with Crippen LogP contribution in [-0.2, 0) is 15.1 Å². The van der Waals surface area contributed by atoms with E-state index in [2.05, 4.69) is 14.0 Å². The zero-order valence-corrected chi connectivity index (χ0v) is 15.6. The van der Waals surface area contributed by atoms with Gasteiger partial charge in [0.1, 0.15) is 6.54 Å². The van der Waals surface area contributed by atoms with Crippen LogP contribution in [0.3, 0.4) is 0 Å². The number of nitrogens with zero attached hydrogens (tertiary/aromatic N) is 1. The number of aliphatic hydroxyl groups is 1. The second-order valence-corrected chi connectivity index (χ2v) is 7.45. The van der Waals surface area contributed by atoms with Gasteiger partial charge < -0.3 is 14.3 Å². The van der Waals surface area contributed by atoms with Crippen LogP contribution < -0.4 is 0 Å². The number of carbonyl (C=O) groups is 1. The third kappa shape index (κ3) is 3.67. The highest BCUT2D eigenvalue weighted by Crippen LogP contribution is 2.32. The third-order valence-corrected chi connectivity index (χ3v) is 5.58. The predicted molar refractivity (Wildman–Crippen MR) is 101 cm³/mol. The Kier molecular flexibility index (Phi) is 5.44. The standard InChI is InChI=1S/C22H28NO3/c1-3-23(2)16-10-15-20(17-23)26-21(24)22(25,18-11-6-4-7-12-18)19-13-8-5-9-14-19/h4-9,11-14,20,25H,3,10,15-17H2,1-2H3/q+1/t20-,23-/m0/s1. The van der Waals surface area contributed by atoms with Crippen LogP contribution in [0, 0.1) is 0 Å². The van der Waals surface area contributed by atoms with Crippen LogP contribution in [0.1, 0.15) is 30.9 Å². The van der Waals surface area contributed by atoms with E-state index in [-0.39, 0.29) is 6.10 Å². The molecule has 1 aliphatic heterocycles. The predicted octanol–water partition coefficient (Wildman–Crippen LogP) is 3.09. The first kappa shape index (κ1) is 18.6. The number of rotatable bonds is 5. The molecule has 1 saturated heterocycles. The summed E-state index contributed by atoms with van der Waals surface area (Å²) in [5.41, 5.74) is -0.741. The highest BCUT2D eigenvalue weighted by molar-refractivity contribution is 5.85. The van der Waals surface area contributed by atoms with Gasteiger partial charge in [-0.2, -0.15) is 0 Å². The zero-order valence-electron chi connectivity index (χ0n) is 15.6. The lowest BCUT2D eigenvalue weighted by atomic mass is 9.86. The molecule has 0 aromatic heterocycles. The number of hydrogen-bond acceptors (Lipinski definition) is 3. The van der Waals surface area contributed by atoms with Gasteiger partial charge in [0.25, 0.3) is 0 Å². The van der Waals surface area contributed by atoms with Gasteiger partial charge >= 0.3 is 5.97 Å². The summed E-state index contributed by atoms with van der Waals surface area (Å²) in [7, 11) is 2.20. The van der Waals surface area contributed by atoms with E-state index in [0.29, 0.717) is 11.1 Å². The number of esters is 1. The van der Waals surface area contributed by atoms with Crippen molar-refractivity contribution in [3.05, 3.63) is 71.8 Å². The number of benzene rings is 2. The summed E-state index contributed by atoms with van der Waals surface area (Å²) >= 11 is 0. The van der Waals surface area contributed by atoms with Crippen LogP contribution in [0.5, 0.6) is 0 Å². The molecule has 0 spiro atoms. The molecular formula is C22H28NO3+. The maximum absolute atomic E-state index is 13.2. The SMILES string of the molecule is CC[N@@+]1(C)CCC[C@H](OC(=O)C(O)(c2ccccc2)c2ccccc2)C1. The fourth-order valence-corrected chi connectivity index (χ4v) is 3.76. The van der Waals surface area contributed by atoms with E-state index in [1.165, 1.54) is 0 Å². The van der Waals surface area contributed by atoms with E-state index in [1.54, 1.807) is 24.3 Å². The van der Waals surface area contributed by atoms with Gasteiger partial charge in [0, 0.05) is 6.42 Å². The number of carbonyl (C=O) groups excluding carboxylic acids is 1. The van der Waals surface area contributed by atoms with Crippen molar-refractivity contribution in [2.45, 2.75) is 31.5 Å². The largest absolute Gasteiger partial charge is 0.454 e. The molecule has 1 heterocycles. The Bertz CT molecular complexity index is 692. The molecule has 2 atom stereocenters. The fourth-order valence-electron chi connectivity index (χ4n) is 3.76. The molecular weight excluding hydrogens is 326 g/mol. The molecule has 0 unspecified atom stereocenters. The topological polar surface area (TPSA) is 46.5 Å². The summed E-state index contributed by atoms with van der Waals surface area (Å²) in [6.07, 6.45) is 1.71. The van der Waals surface area contributed by atoms with E-state index < -0.39 is 11.6 Å². The lowest BCUT2D eigenvalue weighted by Gasteiger charge is -2.41. The lowest BCUT2D eigenvalue weighted by Crippen LogP contribution is -2.54. The third-order valence-electron chi connectivity index (χ3n) is 5.58. The van der Waals surface area contributed by atoms with E-state index in [4.69, 9.17) is 4.74 Å². The van der Waals surface area contributed by atoms with Gasteiger partial charge in [-0.05, 0) is 24.5 Å². The molecule has 138 valence electrons. The van der Waals surface area contributed by atoms with Crippen molar-refractivity contribution in [2.24, 2.45) is 0 Å².